The number of carbonyl (C=O) groups is 1. The van der Waals surface area contributed by atoms with Crippen molar-refractivity contribution in [2.45, 2.75) is 44.8 Å². The van der Waals surface area contributed by atoms with Crippen molar-refractivity contribution in [3.05, 3.63) is 35.9 Å². The molecule has 0 radical (unpaired) electrons. The molecule has 110 valence electrons. The molecule has 2 atom stereocenters. The summed E-state index contributed by atoms with van der Waals surface area (Å²) in [5, 5.41) is 3.01. The second-order valence-corrected chi connectivity index (χ2v) is 5.67. The second-order valence-electron chi connectivity index (χ2n) is 5.67. The molecule has 1 aliphatic rings. The molecule has 1 fully saturated rings. The molecule has 0 aliphatic carbocycles. The molecule has 20 heavy (non-hydrogen) atoms. The Morgan fingerprint density at radius 1 is 1.45 bits per heavy atom. The second kappa shape index (κ2) is 7.41. The van der Waals surface area contributed by atoms with Gasteiger partial charge in [0.25, 0.3) is 0 Å². The number of carbonyl (C=O) groups excluding carboxylic acids is 1. The Labute approximate surface area is 121 Å². The fourth-order valence-electron chi connectivity index (χ4n) is 2.67. The molecule has 1 heterocycles. The zero-order chi connectivity index (χ0) is 14.4. The fraction of sp³-hybridized carbons (Fsp3) is 0.562. The third kappa shape index (κ3) is 4.32. The number of nitrogens with zero attached hydrogens (tertiary/aromatic N) is 1. The highest BCUT2D eigenvalue weighted by atomic mass is 16.2. The zero-order valence-electron chi connectivity index (χ0n) is 12.2. The first-order valence-corrected chi connectivity index (χ1v) is 7.48. The Morgan fingerprint density at radius 2 is 2.20 bits per heavy atom. The van der Waals surface area contributed by atoms with Gasteiger partial charge < -0.3 is 11.1 Å². The van der Waals surface area contributed by atoms with E-state index in [0.29, 0.717) is 6.54 Å². The highest BCUT2D eigenvalue weighted by molar-refractivity contribution is 5.82. The van der Waals surface area contributed by atoms with E-state index < -0.39 is 0 Å². The molecular formula is C16H25N3O. The quantitative estimate of drug-likeness (QED) is 0.827. The molecule has 1 aromatic rings. The number of rotatable bonds is 6. The summed E-state index contributed by atoms with van der Waals surface area (Å²) in [6.45, 7) is 4.49. The molecule has 4 nitrogen and oxygen atoms in total. The minimum atomic E-state index is 0.0169. The van der Waals surface area contributed by atoms with Crippen molar-refractivity contribution in [2.75, 3.05) is 13.1 Å². The highest BCUT2D eigenvalue weighted by Crippen LogP contribution is 2.20. The first-order valence-electron chi connectivity index (χ1n) is 7.48. The Kier molecular flexibility index (Phi) is 5.56. The van der Waals surface area contributed by atoms with Gasteiger partial charge in [-0.15, -0.1) is 0 Å². The summed E-state index contributed by atoms with van der Waals surface area (Å²) in [6.07, 6.45) is 2.88. The van der Waals surface area contributed by atoms with Crippen molar-refractivity contribution in [1.82, 2.24) is 10.2 Å². The molecule has 1 saturated heterocycles. The lowest BCUT2D eigenvalue weighted by atomic mass is 10.1. The normalized spacial score (nSPS) is 20.8. The molecule has 1 amide bonds. The Bertz CT molecular complexity index is 419. The Balaban J connectivity index is 1.85. The van der Waals surface area contributed by atoms with Crippen LogP contribution < -0.4 is 11.1 Å². The molecule has 3 N–H and O–H groups in total. The van der Waals surface area contributed by atoms with E-state index in [2.05, 4.69) is 22.3 Å². The minimum Gasteiger partial charge on any atom is -0.355 e. The summed E-state index contributed by atoms with van der Waals surface area (Å²) < 4.78 is 0. The number of likely N-dealkylation sites (tertiary alicyclic amines) is 1. The third-order valence-corrected chi connectivity index (χ3v) is 3.79. The van der Waals surface area contributed by atoms with Crippen LogP contribution in [0.25, 0.3) is 0 Å². The minimum absolute atomic E-state index is 0.0169. The van der Waals surface area contributed by atoms with E-state index in [-0.39, 0.29) is 18.0 Å². The van der Waals surface area contributed by atoms with Gasteiger partial charge in [-0.05, 0) is 38.3 Å². The smallest absolute Gasteiger partial charge is 0.237 e. The summed E-state index contributed by atoms with van der Waals surface area (Å²) in [5.41, 5.74) is 6.97. The maximum absolute atomic E-state index is 12.2. The Hall–Kier alpha value is -1.39. The van der Waals surface area contributed by atoms with Gasteiger partial charge in [0, 0.05) is 19.1 Å². The van der Waals surface area contributed by atoms with Crippen molar-refractivity contribution in [2.24, 2.45) is 5.73 Å². The topological polar surface area (TPSA) is 58.4 Å². The van der Waals surface area contributed by atoms with Gasteiger partial charge in [0.1, 0.15) is 0 Å². The predicted molar refractivity (Wildman–Crippen MR) is 81.2 cm³/mol. The lowest BCUT2D eigenvalue weighted by Crippen LogP contribution is -2.43. The van der Waals surface area contributed by atoms with Crippen LogP contribution in [0.5, 0.6) is 0 Å². The number of hydrogen-bond donors (Lipinski definition) is 2. The molecule has 0 bridgehead atoms. The largest absolute Gasteiger partial charge is 0.355 e. The van der Waals surface area contributed by atoms with Crippen LogP contribution in [0.15, 0.2) is 30.3 Å². The predicted octanol–water partition coefficient (Wildman–Crippen LogP) is 1.50. The van der Waals surface area contributed by atoms with Gasteiger partial charge in [-0.1, -0.05) is 30.3 Å². The molecule has 2 rings (SSSR count). The van der Waals surface area contributed by atoms with Crippen LogP contribution in [-0.4, -0.2) is 36.0 Å². The zero-order valence-corrected chi connectivity index (χ0v) is 12.2. The third-order valence-electron chi connectivity index (χ3n) is 3.79. The number of nitrogens with one attached hydrogen (secondary N) is 1. The number of nitrogens with two attached hydrogens (primary N) is 1. The van der Waals surface area contributed by atoms with Crippen LogP contribution >= 0.6 is 0 Å². The molecule has 0 saturated carbocycles. The van der Waals surface area contributed by atoms with E-state index in [1.807, 2.05) is 25.1 Å². The van der Waals surface area contributed by atoms with Crippen molar-refractivity contribution in [1.29, 1.82) is 0 Å². The standard InChI is InChI=1S/C16H25N3O/c1-13(17)9-10-18-16(20)15-8-5-11-19(15)12-14-6-3-2-4-7-14/h2-4,6-7,13,15H,5,8-12,17H2,1H3,(H,18,20). The summed E-state index contributed by atoms with van der Waals surface area (Å²) in [7, 11) is 0. The van der Waals surface area contributed by atoms with Gasteiger partial charge in [0.2, 0.25) is 5.91 Å². The average molecular weight is 275 g/mol. The first kappa shape index (κ1) is 15.0. The van der Waals surface area contributed by atoms with Crippen LogP contribution in [0.2, 0.25) is 0 Å². The maximum Gasteiger partial charge on any atom is 0.237 e. The van der Waals surface area contributed by atoms with E-state index >= 15 is 0 Å². The van der Waals surface area contributed by atoms with Crippen molar-refractivity contribution in [3.63, 3.8) is 0 Å². The van der Waals surface area contributed by atoms with Crippen LogP contribution in [0.3, 0.4) is 0 Å². The van der Waals surface area contributed by atoms with Crippen molar-refractivity contribution in [3.8, 4) is 0 Å². The van der Waals surface area contributed by atoms with Crippen molar-refractivity contribution >= 4 is 5.91 Å². The fourth-order valence-corrected chi connectivity index (χ4v) is 2.67. The lowest BCUT2D eigenvalue weighted by molar-refractivity contribution is -0.125. The molecule has 1 aliphatic heterocycles. The molecule has 0 spiro atoms. The van der Waals surface area contributed by atoms with E-state index in [4.69, 9.17) is 5.73 Å². The first-order chi connectivity index (χ1) is 9.66. The number of benzene rings is 1. The summed E-state index contributed by atoms with van der Waals surface area (Å²) in [6, 6.07) is 10.5. The van der Waals surface area contributed by atoms with E-state index in [1.165, 1.54) is 5.56 Å². The summed E-state index contributed by atoms with van der Waals surface area (Å²) in [4.78, 5) is 14.5. The molecule has 2 unspecified atom stereocenters. The van der Waals surface area contributed by atoms with Crippen LogP contribution in [0, 0.1) is 0 Å². The van der Waals surface area contributed by atoms with E-state index in [1.54, 1.807) is 0 Å². The highest BCUT2D eigenvalue weighted by Gasteiger charge is 2.30. The summed E-state index contributed by atoms with van der Waals surface area (Å²) in [5.74, 6) is 0.152. The van der Waals surface area contributed by atoms with Gasteiger partial charge in [0.15, 0.2) is 0 Å². The SMILES string of the molecule is CC(N)CCNC(=O)C1CCCN1Cc1ccccc1. The van der Waals surface area contributed by atoms with E-state index in [9.17, 15) is 4.79 Å². The van der Waals surface area contributed by atoms with Crippen LogP contribution in [0.4, 0.5) is 0 Å². The number of amides is 1. The van der Waals surface area contributed by atoms with E-state index in [0.717, 1.165) is 32.4 Å². The van der Waals surface area contributed by atoms with Gasteiger partial charge in [-0.3, -0.25) is 9.69 Å². The number of hydrogen-bond acceptors (Lipinski definition) is 3. The van der Waals surface area contributed by atoms with Gasteiger partial charge in [-0.25, -0.2) is 0 Å². The molecular weight excluding hydrogens is 250 g/mol. The van der Waals surface area contributed by atoms with Crippen molar-refractivity contribution < 1.29 is 4.79 Å². The average Bonchev–Trinajstić information content (AvgIpc) is 2.87. The summed E-state index contributed by atoms with van der Waals surface area (Å²) >= 11 is 0. The maximum atomic E-state index is 12.2. The Morgan fingerprint density at radius 3 is 2.90 bits per heavy atom. The van der Waals surface area contributed by atoms with Gasteiger partial charge in [0.05, 0.1) is 6.04 Å². The molecule has 4 heteroatoms. The van der Waals surface area contributed by atoms with Gasteiger partial charge in [-0.2, -0.15) is 0 Å². The molecule has 1 aromatic carbocycles. The monoisotopic (exact) mass is 275 g/mol. The lowest BCUT2D eigenvalue weighted by Gasteiger charge is -2.23. The molecule has 0 aromatic heterocycles. The van der Waals surface area contributed by atoms with Gasteiger partial charge >= 0.3 is 0 Å². The van der Waals surface area contributed by atoms with Crippen LogP contribution in [0.1, 0.15) is 31.7 Å². The van der Waals surface area contributed by atoms with Crippen LogP contribution in [-0.2, 0) is 11.3 Å².